The fraction of sp³-hybridized carbons (Fsp3) is 0.917. The fourth-order valence-corrected chi connectivity index (χ4v) is 0.578. The third-order valence-corrected chi connectivity index (χ3v) is 1.24. The molecular formula is C12H28O5. The fourth-order valence-electron chi connectivity index (χ4n) is 0.578. The molecule has 0 bridgehead atoms. The number of rotatable bonds is 6. The molecule has 0 aromatic rings. The number of ether oxygens (including phenoxy) is 1. The summed E-state index contributed by atoms with van der Waals surface area (Å²) < 4.78 is 5.13. The molecule has 0 rings (SSSR count). The van der Waals surface area contributed by atoms with Crippen molar-refractivity contribution >= 4 is 5.97 Å². The van der Waals surface area contributed by atoms with Crippen molar-refractivity contribution in [2.45, 2.75) is 53.1 Å². The van der Waals surface area contributed by atoms with Crippen LogP contribution in [0.1, 0.15) is 47.0 Å². The topological polar surface area (TPSA) is 87.0 Å². The van der Waals surface area contributed by atoms with E-state index in [-0.39, 0.29) is 12.7 Å². The van der Waals surface area contributed by atoms with E-state index in [4.69, 9.17) is 24.9 Å². The van der Waals surface area contributed by atoms with Crippen molar-refractivity contribution in [3.8, 4) is 0 Å². The van der Waals surface area contributed by atoms with Gasteiger partial charge >= 0.3 is 0 Å². The largest absolute Gasteiger partial charge is 0.481 e. The van der Waals surface area contributed by atoms with Gasteiger partial charge in [-0.25, -0.2) is 0 Å². The van der Waals surface area contributed by atoms with Gasteiger partial charge in [-0.1, -0.05) is 13.8 Å². The Labute approximate surface area is 104 Å². The first-order valence-corrected chi connectivity index (χ1v) is 5.98. The van der Waals surface area contributed by atoms with Crippen LogP contribution < -0.4 is 0 Å². The van der Waals surface area contributed by atoms with Gasteiger partial charge in [-0.05, 0) is 26.2 Å². The molecule has 0 spiro atoms. The van der Waals surface area contributed by atoms with E-state index in [1.807, 2.05) is 0 Å². The maximum atomic E-state index is 9.00. The van der Waals surface area contributed by atoms with E-state index in [0.717, 1.165) is 33.0 Å². The van der Waals surface area contributed by atoms with E-state index in [9.17, 15) is 0 Å². The van der Waals surface area contributed by atoms with Crippen molar-refractivity contribution < 1.29 is 24.9 Å². The van der Waals surface area contributed by atoms with Gasteiger partial charge < -0.3 is 20.1 Å². The van der Waals surface area contributed by atoms with Crippen molar-refractivity contribution in [1.82, 2.24) is 0 Å². The predicted molar refractivity (Wildman–Crippen MR) is 68.1 cm³/mol. The highest BCUT2D eigenvalue weighted by atomic mass is 16.5. The zero-order valence-corrected chi connectivity index (χ0v) is 11.5. The summed E-state index contributed by atoms with van der Waals surface area (Å²) in [6.07, 6.45) is 2.41. The lowest BCUT2D eigenvalue weighted by atomic mass is 10.3. The molecule has 0 aromatic carbocycles. The van der Waals surface area contributed by atoms with Crippen LogP contribution in [0.15, 0.2) is 0 Å². The second-order valence-corrected chi connectivity index (χ2v) is 3.49. The van der Waals surface area contributed by atoms with Gasteiger partial charge in [0.05, 0.1) is 6.10 Å². The molecular weight excluding hydrogens is 224 g/mol. The zero-order chi connectivity index (χ0) is 14.1. The van der Waals surface area contributed by atoms with Crippen molar-refractivity contribution in [3.63, 3.8) is 0 Å². The van der Waals surface area contributed by atoms with E-state index in [2.05, 4.69) is 13.8 Å². The average Bonchev–Trinajstić information content (AvgIpc) is 2.18. The van der Waals surface area contributed by atoms with Gasteiger partial charge in [-0.15, -0.1) is 0 Å². The van der Waals surface area contributed by atoms with Crippen LogP contribution in [0.2, 0.25) is 0 Å². The Morgan fingerprint density at radius 1 is 1.24 bits per heavy atom. The van der Waals surface area contributed by atoms with E-state index in [1.165, 1.54) is 0 Å². The van der Waals surface area contributed by atoms with Crippen LogP contribution in [-0.2, 0) is 9.53 Å². The van der Waals surface area contributed by atoms with Gasteiger partial charge in [0.25, 0.3) is 5.97 Å². The number of carboxylic acids is 1. The summed E-state index contributed by atoms with van der Waals surface area (Å²) in [5.74, 6) is -0.833. The van der Waals surface area contributed by atoms with Crippen LogP contribution in [0.3, 0.4) is 0 Å². The number of carbonyl (C=O) groups is 1. The molecule has 0 fully saturated rings. The number of aliphatic carboxylic acids is 1. The average molecular weight is 252 g/mol. The molecule has 0 saturated carbocycles. The summed E-state index contributed by atoms with van der Waals surface area (Å²) in [6, 6.07) is 0. The van der Waals surface area contributed by atoms with Crippen LogP contribution in [0.25, 0.3) is 0 Å². The molecule has 0 aromatic heterocycles. The van der Waals surface area contributed by atoms with Crippen LogP contribution in [0.5, 0.6) is 0 Å². The highest BCUT2D eigenvalue weighted by molar-refractivity contribution is 5.62. The van der Waals surface area contributed by atoms with Crippen molar-refractivity contribution in [3.05, 3.63) is 0 Å². The Hall–Kier alpha value is -0.650. The third-order valence-electron chi connectivity index (χ3n) is 1.24. The minimum Gasteiger partial charge on any atom is -0.481 e. The first-order valence-electron chi connectivity index (χ1n) is 5.98. The standard InChI is InChI=1S/C6H14O.C4H10O2.C2H4O2/c1-3-5-7-6-4-2;1-4(6)2-3-5;1-2(3)4/h3-6H2,1-2H3;4-6H,2-3H2,1H3;1H3,(H,3,4). The summed E-state index contributed by atoms with van der Waals surface area (Å²) in [4.78, 5) is 9.00. The molecule has 0 radical (unpaired) electrons. The van der Waals surface area contributed by atoms with Gasteiger partial charge in [0, 0.05) is 26.7 Å². The monoisotopic (exact) mass is 252 g/mol. The Bertz CT molecular complexity index is 129. The minimum absolute atomic E-state index is 0.0810. The van der Waals surface area contributed by atoms with Crippen LogP contribution in [0.4, 0.5) is 0 Å². The molecule has 106 valence electrons. The maximum absolute atomic E-state index is 9.00. The van der Waals surface area contributed by atoms with E-state index < -0.39 is 5.97 Å². The molecule has 0 heterocycles. The van der Waals surface area contributed by atoms with Gasteiger partial charge in [-0.3, -0.25) is 4.79 Å². The third kappa shape index (κ3) is 67.8. The number of carboxylic acid groups (broad SMARTS) is 1. The second-order valence-electron chi connectivity index (χ2n) is 3.49. The number of aliphatic hydroxyl groups is 2. The second kappa shape index (κ2) is 20.7. The summed E-state index contributed by atoms with van der Waals surface area (Å²) in [6.45, 7) is 8.90. The molecule has 0 amide bonds. The summed E-state index contributed by atoms with van der Waals surface area (Å²) in [7, 11) is 0. The smallest absolute Gasteiger partial charge is 0.300 e. The van der Waals surface area contributed by atoms with Gasteiger partial charge in [-0.2, -0.15) is 0 Å². The van der Waals surface area contributed by atoms with Crippen LogP contribution in [0, 0.1) is 0 Å². The van der Waals surface area contributed by atoms with Crippen molar-refractivity contribution in [1.29, 1.82) is 0 Å². The summed E-state index contributed by atoms with van der Waals surface area (Å²) in [5, 5.41) is 23.9. The SMILES string of the molecule is CC(=O)O.CC(O)CCO.CCCOCCC. The molecule has 1 atom stereocenters. The van der Waals surface area contributed by atoms with E-state index in [1.54, 1.807) is 6.92 Å². The first kappa shape index (κ1) is 21.6. The molecule has 0 aliphatic rings. The minimum atomic E-state index is -0.833. The number of hydrogen-bond donors (Lipinski definition) is 3. The highest BCUT2D eigenvalue weighted by Crippen LogP contribution is 1.83. The van der Waals surface area contributed by atoms with Crippen molar-refractivity contribution in [2.75, 3.05) is 19.8 Å². The Morgan fingerprint density at radius 2 is 1.59 bits per heavy atom. The highest BCUT2D eigenvalue weighted by Gasteiger charge is 1.88. The molecule has 17 heavy (non-hydrogen) atoms. The first-order chi connectivity index (χ1) is 7.92. The van der Waals surface area contributed by atoms with Crippen LogP contribution >= 0.6 is 0 Å². The van der Waals surface area contributed by atoms with Gasteiger partial charge in [0.1, 0.15) is 0 Å². The molecule has 0 aliphatic heterocycles. The Morgan fingerprint density at radius 3 is 1.71 bits per heavy atom. The summed E-state index contributed by atoms with van der Waals surface area (Å²) in [5.41, 5.74) is 0. The normalized spacial score (nSPS) is 10.5. The number of aliphatic hydroxyl groups excluding tert-OH is 2. The predicted octanol–water partition coefficient (Wildman–Crippen LogP) is 1.66. The molecule has 0 saturated heterocycles. The Balaban J connectivity index is -0.000000180. The van der Waals surface area contributed by atoms with Crippen molar-refractivity contribution in [2.24, 2.45) is 0 Å². The number of hydrogen-bond acceptors (Lipinski definition) is 4. The van der Waals surface area contributed by atoms with Crippen LogP contribution in [-0.4, -0.2) is 47.2 Å². The van der Waals surface area contributed by atoms with Gasteiger partial charge in [0.2, 0.25) is 0 Å². The quantitative estimate of drug-likeness (QED) is 0.626. The summed E-state index contributed by atoms with van der Waals surface area (Å²) >= 11 is 0. The lowest BCUT2D eigenvalue weighted by Gasteiger charge is -1.95. The lowest BCUT2D eigenvalue weighted by Crippen LogP contribution is -2.00. The van der Waals surface area contributed by atoms with Gasteiger partial charge in [0.15, 0.2) is 0 Å². The molecule has 3 N–H and O–H groups in total. The zero-order valence-electron chi connectivity index (χ0n) is 11.5. The Kier molecular flexibility index (Phi) is 26.4. The molecule has 1 unspecified atom stereocenters. The molecule has 5 heteroatoms. The molecule has 5 nitrogen and oxygen atoms in total. The molecule has 0 aliphatic carbocycles. The maximum Gasteiger partial charge on any atom is 0.300 e. The van der Waals surface area contributed by atoms with E-state index in [0.29, 0.717) is 6.42 Å². The lowest BCUT2D eigenvalue weighted by molar-refractivity contribution is -0.134. The van der Waals surface area contributed by atoms with E-state index >= 15 is 0 Å².